The van der Waals surface area contributed by atoms with Crippen LogP contribution < -0.4 is 5.32 Å². The molecular weight excluding hydrogens is 370 g/mol. The molecule has 1 N–H and O–H groups in total. The van der Waals surface area contributed by atoms with Crippen molar-refractivity contribution in [2.45, 2.75) is 25.7 Å². The molecule has 9 nitrogen and oxygen atoms in total. The molecule has 0 unspecified atom stereocenters. The zero-order valence-electron chi connectivity index (χ0n) is 17.4. The maximum Gasteiger partial charge on any atom is 0.257 e. The monoisotopic (exact) mass is 401 g/mol. The lowest BCUT2D eigenvalue weighted by Gasteiger charge is -2.27. The highest BCUT2D eigenvalue weighted by Crippen LogP contribution is 2.10. The number of amides is 2. The molecule has 0 spiro atoms. The second-order valence-electron chi connectivity index (χ2n) is 7.61. The lowest BCUT2D eigenvalue weighted by molar-refractivity contribution is 0.0729. The summed E-state index contributed by atoms with van der Waals surface area (Å²) in [5.74, 6) is -0.233. The molecule has 0 aromatic carbocycles. The van der Waals surface area contributed by atoms with Gasteiger partial charge in [0.15, 0.2) is 0 Å². The van der Waals surface area contributed by atoms with Crippen molar-refractivity contribution in [1.82, 2.24) is 34.7 Å². The first kappa shape index (κ1) is 21.0. The molecule has 2 aromatic rings. The van der Waals surface area contributed by atoms with Crippen LogP contribution in [0.4, 0.5) is 0 Å². The number of carbonyl (C=O) groups is 2. The molecule has 0 aliphatic carbocycles. The van der Waals surface area contributed by atoms with Gasteiger partial charge >= 0.3 is 0 Å². The lowest BCUT2D eigenvalue weighted by atomic mass is 10.2. The van der Waals surface area contributed by atoms with Crippen LogP contribution in [0.25, 0.3) is 0 Å². The topological polar surface area (TPSA) is 88.3 Å². The molecule has 9 heteroatoms. The smallest absolute Gasteiger partial charge is 0.257 e. The van der Waals surface area contributed by atoms with Crippen LogP contribution in [0, 0.1) is 0 Å². The van der Waals surface area contributed by atoms with Gasteiger partial charge < -0.3 is 15.1 Å². The number of aryl methyl sites for hydroxylation is 2. The predicted octanol–water partition coefficient (Wildman–Crippen LogP) is 0.902. The van der Waals surface area contributed by atoms with Gasteiger partial charge in [0.2, 0.25) is 0 Å². The molecular formula is C20H31N7O2. The Balaban J connectivity index is 1.57. The van der Waals surface area contributed by atoms with Crippen LogP contribution >= 0.6 is 0 Å². The summed E-state index contributed by atoms with van der Waals surface area (Å²) < 4.78 is 3.22. The van der Waals surface area contributed by atoms with Gasteiger partial charge in [-0.05, 0) is 25.9 Å². The van der Waals surface area contributed by atoms with Gasteiger partial charge in [-0.3, -0.25) is 19.0 Å². The van der Waals surface area contributed by atoms with Crippen molar-refractivity contribution in [3.8, 4) is 0 Å². The second kappa shape index (κ2) is 10.2. The Morgan fingerprint density at radius 3 is 2.17 bits per heavy atom. The Morgan fingerprint density at radius 1 is 0.966 bits per heavy atom. The predicted molar refractivity (Wildman–Crippen MR) is 110 cm³/mol. The minimum Gasteiger partial charge on any atom is -0.350 e. The third-order valence-corrected chi connectivity index (χ3v) is 5.26. The summed E-state index contributed by atoms with van der Waals surface area (Å²) in [6.45, 7) is 4.51. The average Bonchev–Trinajstić information content (AvgIpc) is 3.25. The summed E-state index contributed by atoms with van der Waals surface area (Å²) in [5.41, 5.74) is 1.09. The molecule has 0 atom stereocenters. The second-order valence-corrected chi connectivity index (χ2v) is 7.61. The van der Waals surface area contributed by atoms with Gasteiger partial charge in [0.1, 0.15) is 0 Å². The Labute approximate surface area is 171 Å². The normalized spacial score (nSPS) is 15.1. The number of likely N-dealkylation sites (tertiary alicyclic amines) is 1. The highest BCUT2D eigenvalue weighted by Gasteiger charge is 2.19. The highest BCUT2D eigenvalue weighted by atomic mass is 16.2. The summed E-state index contributed by atoms with van der Waals surface area (Å²) in [6.07, 6.45) is 11.5. The van der Waals surface area contributed by atoms with Crippen molar-refractivity contribution in [3.05, 3.63) is 35.9 Å². The van der Waals surface area contributed by atoms with Crippen molar-refractivity contribution in [3.63, 3.8) is 0 Å². The number of carbonyl (C=O) groups excluding carboxylic acids is 2. The minimum absolute atomic E-state index is 0.0523. The number of aromatic nitrogens is 4. The molecule has 1 fully saturated rings. The Kier molecular flexibility index (Phi) is 7.40. The Morgan fingerprint density at radius 2 is 1.59 bits per heavy atom. The summed E-state index contributed by atoms with van der Waals surface area (Å²) in [5, 5.41) is 11.0. The van der Waals surface area contributed by atoms with Crippen LogP contribution in [0.5, 0.6) is 0 Å². The van der Waals surface area contributed by atoms with Crippen molar-refractivity contribution >= 4 is 11.8 Å². The third kappa shape index (κ3) is 6.15. The van der Waals surface area contributed by atoms with Gasteiger partial charge in [-0.15, -0.1) is 0 Å². The summed E-state index contributed by atoms with van der Waals surface area (Å²) in [6, 6.07) is 0. The molecule has 0 saturated carbocycles. The van der Waals surface area contributed by atoms with Crippen LogP contribution in [0.15, 0.2) is 24.8 Å². The van der Waals surface area contributed by atoms with Gasteiger partial charge in [-0.2, -0.15) is 10.2 Å². The zero-order valence-corrected chi connectivity index (χ0v) is 17.4. The lowest BCUT2D eigenvalue weighted by Crippen LogP contribution is -2.43. The first-order chi connectivity index (χ1) is 14.0. The number of hydrogen-bond donors (Lipinski definition) is 1. The van der Waals surface area contributed by atoms with Crippen molar-refractivity contribution in [2.24, 2.45) is 14.1 Å². The first-order valence-corrected chi connectivity index (χ1v) is 10.3. The third-order valence-electron chi connectivity index (χ3n) is 5.26. The van der Waals surface area contributed by atoms with Crippen molar-refractivity contribution in [2.75, 3.05) is 39.3 Å². The van der Waals surface area contributed by atoms with Crippen molar-refractivity contribution < 1.29 is 9.59 Å². The van der Waals surface area contributed by atoms with Gasteiger partial charge in [-0.1, -0.05) is 12.8 Å². The van der Waals surface area contributed by atoms with Gasteiger partial charge in [0, 0.05) is 52.7 Å². The van der Waals surface area contributed by atoms with E-state index in [4.69, 9.17) is 0 Å². The van der Waals surface area contributed by atoms with Crippen LogP contribution in [-0.4, -0.2) is 80.4 Å². The SMILES string of the molecule is Cn1cc(C(=O)NCCN(CCN2CCCCCC2)C(=O)c2cnn(C)c2)cn1. The van der Waals surface area contributed by atoms with E-state index < -0.39 is 0 Å². The maximum absolute atomic E-state index is 13.0. The summed E-state index contributed by atoms with van der Waals surface area (Å²) in [7, 11) is 3.57. The molecule has 2 amide bonds. The van der Waals surface area contributed by atoms with E-state index in [1.165, 1.54) is 31.9 Å². The van der Waals surface area contributed by atoms with Crippen LogP contribution in [-0.2, 0) is 14.1 Å². The summed E-state index contributed by atoms with van der Waals surface area (Å²) >= 11 is 0. The van der Waals surface area contributed by atoms with E-state index in [2.05, 4.69) is 20.4 Å². The molecule has 1 saturated heterocycles. The molecule has 3 heterocycles. The molecule has 1 aliphatic heterocycles. The van der Waals surface area contributed by atoms with Crippen LogP contribution in [0.1, 0.15) is 46.4 Å². The van der Waals surface area contributed by atoms with Gasteiger partial charge in [-0.25, -0.2) is 0 Å². The van der Waals surface area contributed by atoms with Gasteiger partial charge in [0.25, 0.3) is 11.8 Å². The molecule has 2 aromatic heterocycles. The van der Waals surface area contributed by atoms with Crippen LogP contribution in [0.3, 0.4) is 0 Å². The number of nitrogens with zero attached hydrogens (tertiary/aromatic N) is 6. The average molecular weight is 402 g/mol. The van der Waals surface area contributed by atoms with E-state index in [1.54, 1.807) is 42.0 Å². The molecule has 1 aliphatic rings. The fourth-order valence-corrected chi connectivity index (χ4v) is 3.60. The quantitative estimate of drug-likeness (QED) is 0.710. The fourth-order valence-electron chi connectivity index (χ4n) is 3.60. The molecule has 0 radical (unpaired) electrons. The molecule has 158 valence electrons. The Hall–Kier alpha value is -2.68. The number of rotatable bonds is 8. The van der Waals surface area contributed by atoms with E-state index in [-0.39, 0.29) is 11.8 Å². The first-order valence-electron chi connectivity index (χ1n) is 10.3. The van der Waals surface area contributed by atoms with E-state index in [0.29, 0.717) is 30.8 Å². The molecule has 29 heavy (non-hydrogen) atoms. The minimum atomic E-state index is -0.181. The fraction of sp³-hybridized carbons (Fsp3) is 0.600. The van der Waals surface area contributed by atoms with E-state index >= 15 is 0 Å². The maximum atomic E-state index is 13.0. The highest BCUT2D eigenvalue weighted by molar-refractivity contribution is 5.94. The zero-order chi connectivity index (χ0) is 20.6. The Bertz CT molecular complexity index is 805. The standard InChI is InChI=1S/C20H31N7O2/c1-24-15-17(13-22-24)19(28)21-7-10-27(20(29)18-14-23-25(2)16-18)12-11-26-8-5-3-4-6-9-26/h13-16H,3-12H2,1-2H3,(H,21,28). The van der Waals surface area contributed by atoms with Crippen molar-refractivity contribution in [1.29, 1.82) is 0 Å². The largest absolute Gasteiger partial charge is 0.350 e. The van der Waals surface area contributed by atoms with E-state index in [1.807, 2.05) is 4.90 Å². The van der Waals surface area contributed by atoms with Gasteiger partial charge in [0.05, 0.1) is 23.5 Å². The van der Waals surface area contributed by atoms with Crippen LogP contribution in [0.2, 0.25) is 0 Å². The number of nitrogens with one attached hydrogen (secondary N) is 1. The molecule has 3 rings (SSSR count). The summed E-state index contributed by atoms with van der Waals surface area (Å²) in [4.78, 5) is 29.5. The van der Waals surface area contributed by atoms with E-state index in [0.717, 1.165) is 19.6 Å². The van der Waals surface area contributed by atoms with E-state index in [9.17, 15) is 9.59 Å². The number of hydrogen-bond acceptors (Lipinski definition) is 5. The molecule has 0 bridgehead atoms.